The highest BCUT2D eigenvalue weighted by atomic mass is 16.5. The minimum absolute atomic E-state index is 0.219. The molecule has 156 valence electrons. The first-order valence-corrected chi connectivity index (χ1v) is 10.0. The van der Waals surface area contributed by atoms with Gasteiger partial charge in [0.25, 0.3) is 0 Å². The maximum absolute atomic E-state index is 5.84. The SMILES string of the molecule is CCNC(=NCC1(OC)CCOCC1)N1CCc2cc(OC)c(OC)cc2C1. The summed E-state index contributed by atoms with van der Waals surface area (Å²) in [6, 6.07) is 4.18. The monoisotopic (exact) mass is 391 g/mol. The van der Waals surface area contributed by atoms with E-state index in [1.807, 2.05) is 0 Å². The maximum Gasteiger partial charge on any atom is 0.194 e. The fourth-order valence-corrected chi connectivity index (χ4v) is 3.88. The van der Waals surface area contributed by atoms with Gasteiger partial charge in [-0.1, -0.05) is 0 Å². The molecule has 0 spiro atoms. The first kappa shape index (κ1) is 20.7. The molecule has 0 bridgehead atoms. The van der Waals surface area contributed by atoms with Gasteiger partial charge in [-0.05, 0) is 36.6 Å². The standard InChI is InChI=1S/C21H33N3O4/c1-5-22-20(23-15-21(27-4)7-10-28-11-8-21)24-9-6-16-12-18(25-2)19(26-3)13-17(16)14-24/h12-13H,5-11,14-15H2,1-4H3,(H,22,23). The highest BCUT2D eigenvalue weighted by molar-refractivity contribution is 5.80. The molecule has 1 saturated heterocycles. The fourth-order valence-electron chi connectivity index (χ4n) is 3.88. The Morgan fingerprint density at radius 3 is 2.43 bits per heavy atom. The zero-order valence-corrected chi connectivity index (χ0v) is 17.5. The van der Waals surface area contributed by atoms with Crippen LogP contribution in [0.1, 0.15) is 30.9 Å². The van der Waals surface area contributed by atoms with Gasteiger partial charge >= 0.3 is 0 Å². The highest BCUT2D eigenvalue weighted by Crippen LogP contribution is 2.33. The van der Waals surface area contributed by atoms with E-state index in [9.17, 15) is 0 Å². The molecule has 0 radical (unpaired) electrons. The van der Waals surface area contributed by atoms with Crippen LogP contribution >= 0.6 is 0 Å². The van der Waals surface area contributed by atoms with Crippen LogP contribution in [-0.2, 0) is 22.4 Å². The lowest BCUT2D eigenvalue weighted by Gasteiger charge is -2.36. The van der Waals surface area contributed by atoms with Crippen molar-refractivity contribution >= 4 is 5.96 Å². The second-order valence-corrected chi connectivity index (χ2v) is 7.32. The molecule has 0 unspecified atom stereocenters. The van der Waals surface area contributed by atoms with Crippen LogP contribution in [-0.4, -0.2) is 70.6 Å². The van der Waals surface area contributed by atoms with Crippen LogP contribution < -0.4 is 14.8 Å². The third-order valence-corrected chi connectivity index (χ3v) is 5.71. The van der Waals surface area contributed by atoms with E-state index in [-0.39, 0.29) is 5.60 Å². The number of hydrogen-bond donors (Lipinski definition) is 1. The molecule has 2 heterocycles. The maximum atomic E-state index is 5.84. The summed E-state index contributed by atoms with van der Waals surface area (Å²) in [5.41, 5.74) is 2.34. The lowest BCUT2D eigenvalue weighted by molar-refractivity contribution is -0.0829. The van der Waals surface area contributed by atoms with Gasteiger partial charge in [0.1, 0.15) is 0 Å². The minimum atomic E-state index is -0.219. The van der Waals surface area contributed by atoms with Crippen molar-refractivity contribution in [1.29, 1.82) is 0 Å². The zero-order chi connectivity index (χ0) is 20.0. The number of rotatable bonds is 6. The molecule has 1 aromatic rings. The summed E-state index contributed by atoms with van der Waals surface area (Å²) in [5.74, 6) is 2.49. The van der Waals surface area contributed by atoms with E-state index in [1.165, 1.54) is 11.1 Å². The van der Waals surface area contributed by atoms with Crippen molar-refractivity contribution in [3.63, 3.8) is 0 Å². The van der Waals surface area contributed by atoms with Crippen LogP contribution in [0.15, 0.2) is 17.1 Å². The second kappa shape index (κ2) is 9.47. The highest BCUT2D eigenvalue weighted by Gasteiger charge is 2.33. The molecule has 28 heavy (non-hydrogen) atoms. The van der Waals surface area contributed by atoms with E-state index in [2.05, 4.69) is 29.3 Å². The molecule has 0 saturated carbocycles. The minimum Gasteiger partial charge on any atom is -0.493 e. The van der Waals surface area contributed by atoms with E-state index >= 15 is 0 Å². The normalized spacial score (nSPS) is 19.1. The average Bonchev–Trinajstić information content (AvgIpc) is 2.75. The van der Waals surface area contributed by atoms with Crippen LogP contribution in [0.5, 0.6) is 11.5 Å². The Labute approximate surface area is 168 Å². The Kier molecular flexibility index (Phi) is 7.02. The van der Waals surface area contributed by atoms with E-state index < -0.39 is 0 Å². The molecule has 7 heteroatoms. The van der Waals surface area contributed by atoms with E-state index in [0.717, 1.165) is 69.6 Å². The zero-order valence-electron chi connectivity index (χ0n) is 17.5. The average molecular weight is 392 g/mol. The van der Waals surface area contributed by atoms with E-state index in [4.69, 9.17) is 23.9 Å². The molecule has 1 N–H and O–H groups in total. The van der Waals surface area contributed by atoms with Crippen molar-refractivity contribution in [2.45, 2.75) is 38.3 Å². The quantitative estimate of drug-likeness (QED) is 0.593. The molecule has 0 amide bonds. The van der Waals surface area contributed by atoms with Gasteiger partial charge in [-0.3, -0.25) is 4.99 Å². The van der Waals surface area contributed by atoms with Crippen molar-refractivity contribution in [2.24, 2.45) is 4.99 Å². The molecular formula is C21H33N3O4. The molecule has 3 rings (SSSR count). The summed E-state index contributed by atoms with van der Waals surface area (Å²) in [6.45, 7) is 6.75. The summed E-state index contributed by atoms with van der Waals surface area (Å²) < 4.78 is 22.3. The lowest BCUT2D eigenvalue weighted by atomic mass is 9.94. The van der Waals surface area contributed by atoms with Crippen LogP contribution in [0.25, 0.3) is 0 Å². The van der Waals surface area contributed by atoms with Crippen molar-refractivity contribution in [3.8, 4) is 11.5 Å². The molecule has 2 aliphatic heterocycles. The lowest BCUT2D eigenvalue weighted by Crippen LogP contribution is -2.46. The molecule has 0 aliphatic carbocycles. The fraction of sp³-hybridized carbons (Fsp3) is 0.667. The van der Waals surface area contributed by atoms with Gasteiger partial charge in [-0.25, -0.2) is 0 Å². The summed E-state index contributed by atoms with van der Waals surface area (Å²) >= 11 is 0. The van der Waals surface area contributed by atoms with Crippen LogP contribution in [0, 0.1) is 0 Å². The van der Waals surface area contributed by atoms with Gasteiger partial charge in [0.05, 0.1) is 26.4 Å². The van der Waals surface area contributed by atoms with Crippen LogP contribution in [0.3, 0.4) is 0 Å². The number of aliphatic imine (C=N–C) groups is 1. The van der Waals surface area contributed by atoms with Gasteiger partial charge in [-0.2, -0.15) is 0 Å². The number of guanidine groups is 1. The van der Waals surface area contributed by atoms with Crippen molar-refractivity contribution < 1.29 is 18.9 Å². The molecule has 1 fully saturated rings. The van der Waals surface area contributed by atoms with Crippen LogP contribution in [0.2, 0.25) is 0 Å². The summed E-state index contributed by atoms with van der Waals surface area (Å²) in [4.78, 5) is 7.25. The van der Waals surface area contributed by atoms with Crippen molar-refractivity contribution in [1.82, 2.24) is 10.2 Å². The summed E-state index contributed by atoms with van der Waals surface area (Å²) in [6.07, 6.45) is 2.71. The Bertz CT molecular complexity index is 686. The number of nitrogens with zero attached hydrogens (tertiary/aromatic N) is 2. The van der Waals surface area contributed by atoms with E-state index in [0.29, 0.717) is 6.54 Å². The predicted molar refractivity (Wildman–Crippen MR) is 109 cm³/mol. The van der Waals surface area contributed by atoms with Gasteiger partial charge in [0.2, 0.25) is 0 Å². The number of fused-ring (bicyclic) bond motifs is 1. The van der Waals surface area contributed by atoms with Gasteiger partial charge < -0.3 is 29.2 Å². The summed E-state index contributed by atoms with van der Waals surface area (Å²) in [7, 11) is 5.14. The third-order valence-electron chi connectivity index (χ3n) is 5.71. The number of methoxy groups -OCH3 is 3. The van der Waals surface area contributed by atoms with Crippen LogP contribution in [0.4, 0.5) is 0 Å². The Balaban J connectivity index is 1.78. The Hall–Kier alpha value is -1.99. The molecule has 1 aromatic carbocycles. The van der Waals surface area contributed by atoms with Gasteiger partial charge in [0.15, 0.2) is 17.5 Å². The molecule has 0 aromatic heterocycles. The first-order valence-electron chi connectivity index (χ1n) is 10.0. The van der Waals surface area contributed by atoms with Crippen molar-refractivity contribution in [3.05, 3.63) is 23.3 Å². The molecule has 0 atom stereocenters. The van der Waals surface area contributed by atoms with E-state index in [1.54, 1.807) is 21.3 Å². The van der Waals surface area contributed by atoms with Gasteiger partial charge in [0, 0.05) is 52.8 Å². The number of hydrogen-bond acceptors (Lipinski definition) is 5. The smallest absolute Gasteiger partial charge is 0.194 e. The topological polar surface area (TPSA) is 64.6 Å². The number of benzene rings is 1. The Morgan fingerprint density at radius 1 is 1.14 bits per heavy atom. The third kappa shape index (κ3) is 4.52. The Morgan fingerprint density at radius 2 is 1.82 bits per heavy atom. The predicted octanol–water partition coefficient (Wildman–Crippen LogP) is 2.22. The molecular weight excluding hydrogens is 358 g/mol. The number of ether oxygens (including phenoxy) is 4. The van der Waals surface area contributed by atoms with Gasteiger partial charge in [-0.15, -0.1) is 0 Å². The van der Waals surface area contributed by atoms with Crippen molar-refractivity contribution in [2.75, 3.05) is 54.2 Å². The first-order chi connectivity index (χ1) is 13.6. The number of nitrogens with one attached hydrogen (secondary N) is 1. The largest absolute Gasteiger partial charge is 0.493 e. The summed E-state index contributed by atoms with van der Waals surface area (Å²) in [5, 5.41) is 3.45. The molecule has 2 aliphatic rings. The second-order valence-electron chi connectivity index (χ2n) is 7.32. The molecule has 7 nitrogen and oxygen atoms in total.